The maximum absolute atomic E-state index is 9.74. The molecule has 22 heavy (non-hydrogen) atoms. The summed E-state index contributed by atoms with van der Waals surface area (Å²) in [6.45, 7) is 7.29. The summed E-state index contributed by atoms with van der Waals surface area (Å²) < 4.78 is 6.16. The number of nitrogens with zero attached hydrogens (tertiary/aromatic N) is 1. The molecule has 0 saturated heterocycles. The van der Waals surface area contributed by atoms with Gasteiger partial charge in [0.2, 0.25) is 0 Å². The Morgan fingerprint density at radius 2 is 2.05 bits per heavy atom. The van der Waals surface area contributed by atoms with Gasteiger partial charge in [-0.3, -0.25) is 0 Å². The van der Waals surface area contributed by atoms with Gasteiger partial charge in [-0.2, -0.15) is 0 Å². The molecule has 0 aliphatic carbocycles. The topological polar surface area (TPSA) is 32.7 Å². The smallest absolute Gasteiger partial charge is 0.143 e. The summed E-state index contributed by atoms with van der Waals surface area (Å²) >= 11 is 0. The molecule has 1 unspecified atom stereocenters. The van der Waals surface area contributed by atoms with Crippen LogP contribution in [0.3, 0.4) is 0 Å². The molecule has 1 N–H and O–H groups in total. The van der Waals surface area contributed by atoms with E-state index in [0.717, 1.165) is 24.4 Å². The molecule has 0 amide bonds. The lowest BCUT2D eigenvalue weighted by Gasteiger charge is -2.39. The molecule has 1 heterocycles. The molecule has 116 valence electrons. The second-order valence-corrected chi connectivity index (χ2v) is 6.33. The zero-order valence-corrected chi connectivity index (χ0v) is 13.4. The van der Waals surface area contributed by atoms with E-state index in [1.165, 1.54) is 11.1 Å². The largest absolute Gasteiger partial charge is 0.508 e. The average Bonchev–Trinajstić information content (AvgIpc) is 2.46. The minimum atomic E-state index is 0.126. The number of anilines is 1. The first-order chi connectivity index (χ1) is 10.5. The van der Waals surface area contributed by atoms with Crippen LogP contribution in [0.2, 0.25) is 0 Å². The number of benzene rings is 2. The Morgan fingerprint density at radius 3 is 2.77 bits per heavy atom. The quantitative estimate of drug-likeness (QED) is 0.932. The highest BCUT2D eigenvalue weighted by Gasteiger charge is 2.27. The fourth-order valence-corrected chi connectivity index (χ4v) is 3.06. The van der Waals surface area contributed by atoms with Gasteiger partial charge in [0.05, 0.1) is 12.2 Å². The molecule has 1 aliphatic heterocycles. The maximum atomic E-state index is 9.74. The molecule has 3 rings (SSSR count). The van der Waals surface area contributed by atoms with E-state index in [1.807, 2.05) is 6.07 Å². The number of phenols is 1. The van der Waals surface area contributed by atoms with Crippen LogP contribution >= 0.6 is 0 Å². The Hall–Kier alpha value is -2.16. The highest BCUT2D eigenvalue weighted by atomic mass is 16.5. The Labute approximate surface area is 132 Å². The van der Waals surface area contributed by atoms with Gasteiger partial charge in [-0.1, -0.05) is 29.8 Å². The van der Waals surface area contributed by atoms with Gasteiger partial charge in [0.15, 0.2) is 0 Å². The molecule has 0 saturated carbocycles. The number of phenolic OH excluding ortho intramolecular Hbond substituents is 1. The monoisotopic (exact) mass is 297 g/mol. The van der Waals surface area contributed by atoms with E-state index < -0.39 is 0 Å². The Bertz CT molecular complexity index is 666. The standard InChI is InChI=1S/C19H23NO2/c1-13(2)20-12-17(10-15-6-4-5-14(3)9-15)22-19-8-7-16(21)11-18(19)20/h4-9,11,13,17,21H,10,12H2,1-3H3. The summed E-state index contributed by atoms with van der Waals surface area (Å²) in [5.41, 5.74) is 3.56. The highest BCUT2D eigenvalue weighted by molar-refractivity contribution is 5.63. The lowest BCUT2D eigenvalue weighted by molar-refractivity contribution is 0.190. The minimum absolute atomic E-state index is 0.126. The van der Waals surface area contributed by atoms with Crippen molar-refractivity contribution in [2.45, 2.75) is 39.3 Å². The summed E-state index contributed by atoms with van der Waals surface area (Å²) in [5, 5.41) is 9.74. The van der Waals surface area contributed by atoms with Gasteiger partial charge in [-0.15, -0.1) is 0 Å². The third kappa shape index (κ3) is 3.03. The van der Waals surface area contributed by atoms with Crippen LogP contribution in [0.1, 0.15) is 25.0 Å². The van der Waals surface area contributed by atoms with E-state index in [4.69, 9.17) is 4.74 Å². The number of fused-ring (bicyclic) bond motifs is 1. The highest BCUT2D eigenvalue weighted by Crippen LogP contribution is 2.37. The van der Waals surface area contributed by atoms with Crippen molar-refractivity contribution in [3.63, 3.8) is 0 Å². The van der Waals surface area contributed by atoms with Crippen LogP contribution in [0.4, 0.5) is 5.69 Å². The third-order valence-corrected chi connectivity index (χ3v) is 4.12. The molecule has 3 nitrogen and oxygen atoms in total. The van der Waals surface area contributed by atoms with Crippen molar-refractivity contribution in [3.8, 4) is 11.5 Å². The molecule has 0 aromatic heterocycles. The van der Waals surface area contributed by atoms with Gasteiger partial charge in [-0.05, 0) is 38.5 Å². The third-order valence-electron chi connectivity index (χ3n) is 4.12. The van der Waals surface area contributed by atoms with Crippen LogP contribution in [-0.2, 0) is 6.42 Å². The van der Waals surface area contributed by atoms with Gasteiger partial charge in [0.1, 0.15) is 17.6 Å². The second kappa shape index (κ2) is 5.91. The molecule has 3 heteroatoms. The molecule has 0 spiro atoms. The van der Waals surface area contributed by atoms with E-state index in [2.05, 4.69) is 49.9 Å². The first-order valence-corrected chi connectivity index (χ1v) is 7.85. The van der Waals surface area contributed by atoms with Crippen LogP contribution in [0.25, 0.3) is 0 Å². The fraction of sp³-hybridized carbons (Fsp3) is 0.368. The molecular weight excluding hydrogens is 274 g/mol. The molecular formula is C19H23NO2. The molecule has 1 atom stereocenters. The number of hydrogen-bond acceptors (Lipinski definition) is 3. The van der Waals surface area contributed by atoms with E-state index >= 15 is 0 Å². The van der Waals surface area contributed by atoms with Crippen LogP contribution < -0.4 is 9.64 Å². The van der Waals surface area contributed by atoms with Gasteiger partial charge in [0.25, 0.3) is 0 Å². The first kappa shape index (κ1) is 14.8. The number of aryl methyl sites for hydroxylation is 1. The lowest BCUT2D eigenvalue weighted by Crippen LogP contribution is -2.44. The van der Waals surface area contributed by atoms with Gasteiger partial charge in [-0.25, -0.2) is 0 Å². The summed E-state index contributed by atoms with van der Waals surface area (Å²) in [7, 11) is 0. The van der Waals surface area contributed by atoms with E-state index in [-0.39, 0.29) is 11.9 Å². The van der Waals surface area contributed by atoms with Crippen LogP contribution in [-0.4, -0.2) is 23.8 Å². The summed E-state index contributed by atoms with van der Waals surface area (Å²) in [6, 6.07) is 14.3. The molecule has 2 aromatic rings. The molecule has 0 fully saturated rings. The van der Waals surface area contributed by atoms with E-state index in [9.17, 15) is 5.11 Å². The predicted octanol–water partition coefficient (Wildman–Crippen LogP) is 3.92. The average molecular weight is 297 g/mol. The van der Waals surface area contributed by atoms with Crippen molar-refractivity contribution in [2.24, 2.45) is 0 Å². The van der Waals surface area contributed by atoms with E-state index in [1.54, 1.807) is 12.1 Å². The molecule has 1 aliphatic rings. The number of rotatable bonds is 3. The van der Waals surface area contributed by atoms with Gasteiger partial charge < -0.3 is 14.7 Å². The summed E-state index contributed by atoms with van der Waals surface area (Å²) in [4.78, 5) is 2.30. The normalized spacial score (nSPS) is 17.3. The van der Waals surface area contributed by atoms with Gasteiger partial charge >= 0.3 is 0 Å². The molecule has 0 bridgehead atoms. The van der Waals surface area contributed by atoms with Crippen LogP contribution in [0.5, 0.6) is 11.5 Å². The first-order valence-electron chi connectivity index (χ1n) is 7.85. The summed E-state index contributed by atoms with van der Waals surface area (Å²) in [6.07, 6.45) is 1.02. The lowest BCUT2D eigenvalue weighted by atomic mass is 10.0. The van der Waals surface area contributed by atoms with E-state index in [0.29, 0.717) is 6.04 Å². The predicted molar refractivity (Wildman–Crippen MR) is 89.9 cm³/mol. The number of aromatic hydroxyl groups is 1. The van der Waals surface area contributed by atoms with Crippen LogP contribution in [0, 0.1) is 6.92 Å². The van der Waals surface area contributed by atoms with Crippen LogP contribution in [0.15, 0.2) is 42.5 Å². The molecule has 0 radical (unpaired) electrons. The Kier molecular flexibility index (Phi) is 3.97. The van der Waals surface area contributed by atoms with Crippen molar-refractivity contribution in [3.05, 3.63) is 53.6 Å². The van der Waals surface area contributed by atoms with Crippen molar-refractivity contribution in [2.75, 3.05) is 11.4 Å². The second-order valence-electron chi connectivity index (χ2n) is 6.33. The Balaban J connectivity index is 1.85. The van der Waals surface area contributed by atoms with Crippen molar-refractivity contribution < 1.29 is 9.84 Å². The fourth-order valence-electron chi connectivity index (χ4n) is 3.06. The maximum Gasteiger partial charge on any atom is 0.143 e. The van der Waals surface area contributed by atoms with Crippen molar-refractivity contribution in [1.29, 1.82) is 0 Å². The van der Waals surface area contributed by atoms with Crippen molar-refractivity contribution >= 4 is 5.69 Å². The Morgan fingerprint density at radius 1 is 1.23 bits per heavy atom. The zero-order chi connectivity index (χ0) is 15.7. The van der Waals surface area contributed by atoms with Gasteiger partial charge in [0, 0.05) is 18.5 Å². The summed E-state index contributed by atoms with van der Waals surface area (Å²) in [5.74, 6) is 1.14. The zero-order valence-electron chi connectivity index (χ0n) is 13.4. The number of ether oxygens (including phenoxy) is 1. The number of hydrogen-bond donors (Lipinski definition) is 1. The SMILES string of the molecule is Cc1cccc(CC2CN(C(C)C)c3cc(O)ccc3O2)c1. The van der Waals surface area contributed by atoms with Crippen molar-refractivity contribution in [1.82, 2.24) is 0 Å². The molecule has 2 aromatic carbocycles. The minimum Gasteiger partial charge on any atom is -0.508 e.